The zero-order valence-electron chi connectivity index (χ0n) is 15.0. The van der Waals surface area contributed by atoms with E-state index in [-0.39, 0.29) is 12.8 Å². The van der Waals surface area contributed by atoms with E-state index in [1.54, 1.807) is 0 Å². The molecule has 0 heterocycles. The van der Waals surface area contributed by atoms with E-state index in [0.717, 1.165) is 0 Å². The Morgan fingerprint density at radius 3 is 1.50 bits per heavy atom. The highest BCUT2D eigenvalue weighted by atomic mass is 16.4. The minimum absolute atomic E-state index is 0.116. The molecule has 158 valence electrons. The SMILES string of the molecule is NC1(CC(=O)O)CCC(CC(=O)O)C(CC(=O)O)(CC(=O)O)C1(N)CC(=O)O. The topological polar surface area (TPSA) is 239 Å². The van der Waals surface area contributed by atoms with Gasteiger partial charge in [0.05, 0.1) is 31.2 Å². The van der Waals surface area contributed by atoms with Crippen LogP contribution in [0.1, 0.15) is 44.9 Å². The van der Waals surface area contributed by atoms with Crippen molar-refractivity contribution in [2.24, 2.45) is 22.8 Å². The second-order valence-corrected chi connectivity index (χ2v) is 7.40. The van der Waals surface area contributed by atoms with E-state index in [2.05, 4.69) is 0 Å². The quantitative estimate of drug-likeness (QED) is 0.235. The summed E-state index contributed by atoms with van der Waals surface area (Å²) in [7, 11) is 0. The van der Waals surface area contributed by atoms with Gasteiger partial charge in [0.15, 0.2) is 0 Å². The number of aliphatic carboxylic acids is 5. The maximum absolute atomic E-state index is 11.6. The van der Waals surface area contributed by atoms with Crippen molar-refractivity contribution in [3.05, 3.63) is 0 Å². The molecule has 9 N–H and O–H groups in total. The fourth-order valence-corrected chi connectivity index (χ4v) is 4.61. The highest BCUT2D eigenvalue weighted by Crippen LogP contribution is 2.58. The maximum atomic E-state index is 11.6. The molecule has 1 aliphatic rings. The Morgan fingerprint density at radius 2 is 1.14 bits per heavy atom. The van der Waals surface area contributed by atoms with Crippen LogP contribution in [0.2, 0.25) is 0 Å². The van der Waals surface area contributed by atoms with Gasteiger partial charge in [-0.2, -0.15) is 0 Å². The number of carboxylic acids is 5. The molecule has 0 aromatic heterocycles. The standard InChI is InChI=1S/C16H24N2O10/c17-15(6-12(25)26)2-1-8(3-9(19)20)14(4-10(21)22,5-11(23)24)16(15,18)7-13(27)28/h8H,1-7,17-18H2,(H,19,20)(H,21,22)(H,23,24)(H,25,26)(H,27,28). The van der Waals surface area contributed by atoms with Crippen molar-refractivity contribution in [1.29, 1.82) is 0 Å². The van der Waals surface area contributed by atoms with Crippen LogP contribution >= 0.6 is 0 Å². The average Bonchev–Trinajstić information content (AvgIpc) is 2.46. The van der Waals surface area contributed by atoms with Crippen LogP contribution in [-0.2, 0) is 24.0 Å². The van der Waals surface area contributed by atoms with Crippen molar-refractivity contribution >= 4 is 29.8 Å². The first-order valence-corrected chi connectivity index (χ1v) is 8.36. The molecule has 1 aliphatic carbocycles. The molecule has 0 aromatic carbocycles. The molecule has 28 heavy (non-hydrogen) atoms. The molecule has 0 spiro atoms. The van der Waals surface area contributed by atoms with Gasteiger partial charge in [-0.1, -0.05) is 0 Å². The molecular formula is C16H24N2O10. The van der Waals surface area contributed by atoms with Gasteiger partial charge in [0.25, 0.3) is 0 Å². The Bertz CT molecular complexity index is 677. The highest BCUT2D eigenvalue weighted by Gasteiger charge is 2.67. The number of rotatable bonds is 10. The summed E-state index contributed by atoms with van der Waals surface area (Å²) in [6.07, 6.45) is -4.79. The van der Waals surface area contributed by atoms with Crippen LogP contribution in [0.4, 0.5) is 0 Å². The number of carboxylic acid groups (broad SMARTS) is 5. The third-order valence-electron chi connectivity index (χ3n) is 5.75. The summed E-state index contributed by atoms with van der Waals surface area (Å²) in [4.78, 5) is 57.4. The van der Waals surface area contributed by atoms with Gasteiger partial charge >= 0.3 is 29.8 Å². The summed E-state index contributed by atoms with van der Waals surface area (Å²) in [5.74, 6) is -8.52. The molecule has 12 nitrogen and oxygen atoms in total. The van der Waals surface area contributed by atoms with Gasteiger partial charge in [-0.15, -0.1) is 0 Å². The minimum atomic E-state index is -2.31. The van der Waals surface area contributed by atoms with Gasteiger partial charge in [-0.3, -0.25) is 24.0 Å². The number of carbonyl (C=O) groups is 5. The van der Waals surface area contributed by atoms with Crippen molar-refractivity contribution < 1.29 is 49.5 Å². The van der Waals surface area contributed by atoms with E-state index in [4.69, 9.17) is 11.5 Å². The molecule has 3 unspecified atom stereocenters. The fraction of sp³-hybridized carbons (Fsp3) is 0.688. The van der Waals surface area contributed by atoms with Crippen molar-refractivity contribution in [1.82, 2.24) is 0 Å². The summed E-state index contributed by atoms with van der Waals surface area (Å²) in [5, 5.41) is 46.6. The first-order valence-electron chi connectivity index (χ1n) is 8.36. The first kappa shape index (κ1) is 23.3. The van der Waals surface area contributed by atoms with Crippen LogP contribution in [-0.4, -0.2) is 66.5 Å². The Kier molecular flexibility index (Phi) is 6.75. The van der Waals surface area contributed by atoms with E-state index in [0.29, 0.717) is 0 Å². The van der Waals surface area contributed by atoms with E-state index in [1.807, 2.05) is 0 Å². The normalized spacial score (nSPS) is 29.0. The second-order valence-electron chi connectivity index (χ2n) is 7.40. The number of hydrogen-bond donors (Lipinski definition) is 7. The maximum Gasteiger partial charge on any atom is 0.305 e. The summed E-state index contributed by atoms with van der Waals surface area (Å²) in [6, 6.07) is 0. The molecule has 1 rings (SSSR count). The molecule has 0 aliphatic heterocycles. The predicted molar refractivity (Wildman–Crippen MR) is 90.3 cm³/mol. The summed E-state index contributed by atoms with van der Waals surface area (Å²) >= 11 is 0. The van der Waals surface area contributed by atoms with Gasteiger partial charge in [0.2, 0.25) is 0 Å². The molecule has 0 aromatic rings. The van der Waals surface area contributed by atoms with Crippen LogP contribution in [0.25, 0.3) is 0 Å². The Balaban J connectivity index is 3.81. The summed E-state index contributed by atoms with van der Waals surface area (Å²) in [5.41, 5.74) is 6.18. The van der Waals surface area contributed by atoms with Crippen molar-refractivity contribution in [2.45, 2.75) is 56.0 Å². The van der Waals surface area contributed by atoms with Crippen molar-refractivity contribution in [3.63, 3.8) is 0 Å². The van der Waals surface area contributed by atoms with Crippen molar-refractivity contribution in [2.75, 3.05) is 0 Å². The van der Waals surface area contributed by atoms with Crippen LogP contribution in [0.15, 0.2) is 0 Å². The molecule has 1 fully saturated rings. The van der Waals surface area contributed by atoms with E-state index < -0.39 is 84.4 Å². The minimum Gasteiger partial charge on any atom is -0.481 e. The molecular weight excluding hydrogens is 380 g/mol. The summed E-state index contributed by atoms with van der Waals surface area (Å²) < 4.78 is 0. The van der Waals surface area contributed by atoms with Gasteiger partial charge in [-0.05, 0) is 18.8 Å². The molecule has 1 saturated carbocycles. The van der Waals surface area contributed by atoms with Gasteiger partial charge < -0.3 is 37.0 Å². The third-order valence-corrected chi connectivity index (χ3v) is 5.75. The van der Waals surface area contributed by atoms with E-state index in [9.17, 15) is 49.5 Å². The molecule has 12 heteroatoms. The number of hydrogen-bond acceptors (Lipinski definition) is 7. The molecule has 3 atom stereocenters. The van der Waals surface area contributed by atoms with Gasteiger partial charge in [0, 0.05) is 17.4 Å². The van der Waals surface area contributed by atoms with E-state index >= 15 is 0 Å². The lowest BCUT2D eigenvalue weighted by molar-refractivity contribution is -0.168. The van der Waals surface area contributed by atoms with Gasteiger partial charge in [0.1, 0.15) is 0 Å². The highest BCUT2D eigenvalue weighted by molar-refractivity contribution is 5.77. The lowest BCUT2D eigenvalue weighted by atomic mass is 9.45. The molecule has 0 amide bonds. The largest absolute Gasteiger partial charge is 0.481 e. The Morgan fingerprint density at radius 1 is 0.714 bits per heavy atom. The monoisotopic (exact) mass is 404 g/mol. The fourth-order valence-electron chi connectivity index (χ4n) is 4.61. The Labute approximate surface area is 159 Å². The first-order chi connectivity index (χ1) is 12.7. The van der Waals surface area contributed by atoms with Crippen molar-refractivity contribution in [3.8, 4) is 0 Å². The predicted octanol–water partition coefficient (Wildman–Crippen LogP) is -0.849. The number of nitrogens with two attached hydrogens (primary N) is 2. The molecule has 0 radical (unpaired) electrons. The van der Waals surface area contributed by atoms with Crippen LogP contribution in [0.5, 0.6) is 0 Å². The second kappa shape index (κ2) is 8.10. The van der Waals surface area contributed by atoms with Crippen LogP contribution in [0, 0.1) is 11.3 Å². The van der Waals surface area contributed by atoms with E-state index in [1.165, 1.54) is 0 Å². The lowest BCUT2D eigenvalue weighted by Crippen LogP contribution is -2.78. The molecule has 0 bridgehead atoms. The lowest BCUT2D eigenvalue weighted by Gasteiger charge is -2.62. The average molecular weight is 404 g/mol. The zero-order chi connectivity index (χ0) is 21.9. The van der Waals surface area contributed by atoms with Gasteiger partial charge in [-0.25, -0.2) is 0 Å². The third kappa shape index (κ3) is 4.39. The zero-order valence-corrected chi connectivity index (χ0v) is 15.0. The van der Waals surface area contributed by atoms with Crippen LogP contribution in [0.3, 0.4) is 0 Å². The Hall–Kier alpha value is -2.73. The van der Waals surface area contributed by atoms with Crippen LogP contribution < -0.4 is 11.5 Å². The molecule has 0 saturated heterocycles. The summed E-state index contributed by atoms with van der Waals surface area (Å²) in [6.45, 7) is 0. The smallest absolute Gasteiger partial charge is 0.305 e.